The minimum atomic E-state index is -0.256. The van der Waals surface area contributed by atoms with E-state index in [1.54, 1.807) is 6.20 Å². The normalized spacial score (nSPS) is 24.3. The second kappa shape index (κ2) is 7.31. The van der Waals surface area contributed by atoms with E-state index < -0.39 is 0 Å². The van der Waals surface area contributed by atoms with Crippen molar-refractivity contribution in [3.8, 4) is 11.3 Å². The number of nitrogens with zero attached hydrogens (tertiary/aromatic N) is 5. The summed E-state index contributed by atoms with van der Waals surface area (Å²) in [6, 6.07) is 5.43. The molecule has 0 radical (unpaired) electrons. The Balaban J connectivity index is 1.43. The first kappa shape index (κ1) is 19.4. The van der Waals surface area contributed by atoms with Crippen LogP contribution in [0.2, 0.25) is 0 Å². The summed E-state index contributed by atoms with van der Waals surface area (Å²) in [7, 11) is 0. The van der Waals surface area contributed by atoms with Gasteiger partial charge in [-0.05, 0) is 32.9 Å². The molecule has 0 spiro atoms. The van der Waals surface area contributed by atoms with Crippen LogP contribution in [0.5, 0.6) is 0 Å². The number of amides is 2. The molecule has 5 heterocycles. The van der Waals surface area contributed by atoms with Gasteiger partial charge in [-0.1, -0.05) is 0 Å². The number of rotatable bonds is 1. The number of urea groups is 1. The van der Waals surface area contributed by atoms with Crippen LogP contribution >= 0.6 is 11.3 Å². The number of hydrogen-bond acceptors (Lipinski definition) is 5. The minimum Gasteiger partial charge on any atom is -0.372 e. The van der Waals surface area contributed by atoms with E-state index in [1.807, 2.05) is 40.5 Å². The molecule has 158 valence electrons. The Kier molecular flexibility index (Phi) is 4.74. The quantitative estimate of drug-likeness (QED) is 0.589. The Hall–Kier alpha value is -2.52. The number of hydrogen-bond donors (Lipinski definition) is 0. The van der Waals surface area contributed by atoms with Crippen molar-refractivity contribution in [2.24, 2.45) is 0 Å². The number of fused-ring (bicyclic) bond motifs is 2. The molecule has 9 heteroatoms. The van der Waals surface area contributed by atoms with Gasteiger partial charge in [-0.2, -0.15) is 9.49 Å². The number of thiophene rings is 1. The Morgan fingerprint density at radius 3 is 2.70 bits per heavy atom. The second-order valence-electron chi connectivity index (χ2n) is 8.26. The molecule has 30 heavy (non-hydrogen) atoms. The molecule has 3 aromatic heterocycles. The third-order valence-corrected chi connectivity index (χ3v) is 6.63. The maximum absolute atomic E-state index is 13.8. The van der Waals surface area contributed by atoms with Crippen LogP contribution in [0.15, 0.2) is 24.4 Å². The number of morpholine rings is 1. The largest absolute Gasteiger partial charge is 0.372 e. The van der Waals surface area contributed by atoms with Gasteiger partial charge in [-0.3, -0.25) is 9.67 Å². The molecule has 5 rings (SSSR count). The summed E-state index contributed by atoms with van der Waals surface area (Å²) in [6.45, 7) is 8.39. The Morgan fingerprint density at radius 2 is 1.93 bits per heavy atom. The summed E-state index contributed by atoms with van der Waals surface area (Å²) in [6.07, 6.45) is 1.76. The van der Waals surface area contributed by atoms with Gasteiger partial charge in [0.1, 0.15) is 0 Å². The van der Waals surface area contributed by atoms with E-state index in [9.17, 15) is 9.18 Å². The van der Waals surface area contributed by atoms with Crippen molar-refractivity contribution in [1.82, 2.24) is 24.6 Å². The van der Waals surface area contributed by atoms with Crippen LogP contribution in [-0.2, 0) is 11.3 Å². The molecule has 0 unspecified atom stereocenters. The molecule has 0 N–H and O–H groups in total. The number of pyridine rings is 1. The summed E-state index contributed by atoms with van der Waals surface area (Å²) < 4.78 is 22.3. The molecule has 0 aromatic carbocycles. The molecule has 1 fully saturated rings. The lowest BCUT2D eigenvalue weighted by molar-refractivity contribution is -0.0591. The van der Waals surface area contributed by atoms with Gasteiger partial charge >= 0.3 is 6.03 Å². The molecular weight excluding hydrogens is 405 g/mol. The van der Waals surface area contributed by atoms with Crippen LogP contribution in [0.25, 0.3) is 21.5 Å². The highest BCUT2D eigenvalue weighted by atomic mass is 32.1. The van der Waals surface area contributed by atoms with Crippen molar-refractivity contribution in [1.29, 1.82) is 0 Å². The minimum absolute atomic E-state index is 0.0392. The van der Waals surface area contributed by atoms with E-state index in [-0.39, 0.29) is 29.4 Å². The smallest absolute Gasteiger partial charge is 0.320 e. The summed E-state index contributed by atoms with van der Waals surface area (Å²) in [5.41, 5.74) is 3.28. The highest BCUT2D eigenvalue weighted by Gasteiger charge is 2.33. The third kappa shape index (κ3) is 3.35. The first-order chi connectivity index (χ1) is 14.4. The van der Waals surface area contributed by atoms with Crippen molar-refractivity contribution in [3.05, 3.63) is 35.2 Å². The first-order valence-corrected chi connectivity index (χ1v) is 11.0. The average molecular weight is 430 g/mol. The van der Waals surface area contributed by atoms with Gasteiger partial charge in [-0.15, -0.1) is 11.3 Å². The molecule has 3 aromatic rings. The van der Waals surface area contributed by atoms with Gasteiger partial charge in [0.2, 0.25) is 0 Å². The summed E-state index contributed by atoms with van der Waals surface area (Å²) >= 11 is 1.08. The molecule has 0 saturated carbocycles. The topological polar surface area (TPSA) is 63.5 Å². The van der Waals surface area contributed by atoms with E-state index in [2.05, 4.69) is 11.9 Å². The van der Waals surface area contributed by atoms with Gasteiger partial charge in [-0.25, -0.2) is 4.79 Å². The monoisotopic (exact) mass is 429 g/mol. The molecule has 7 nitrogen and oxygen atoms in total. The number of carbonyl (C=O) groups excluding carboxylic acids is 1. The van der Waals surface area contributed by atoms with Crippen molar-refractivity contribution in [2.75, 3.05) is 19.6 Å². The van der Waals surface area contributed by atoms with Gasteiger partial charge in [0.15, 0.2) is 5.13 Å². The number of halogens is 1. The van der Waals surface area contributed by atoms with Gasteiger partial charge in [0.05, 0.1) is 46.4 Å². The number of ether oxygens (including phenoxy) is 1. The van der Waals surface area contributed by atoms with Crippen LogP contribution in [0.1, 0.15) is 32.5 Å². The highest BCUT2D eigenvalue weighted by Crippen LogP contribution is 2.34. The zero-order chi connectivity index (χ0) is 21.0. The van der Waals surface area contributed by atoms with E-state index in [4.69, 9.17) is 9.84 Å². The van der Waals surface area contributed by atoms with Gasteiger partial charge in [0.25, 0.3) is 0 Å². The molecule has 2 aliphatic heterocycles. The van der Waals surface area contributed by atoms with Crippen molar-refractivity contribution in [2.45, 2.75) is 45.6 Å². The Bertz CT molecular complexity index is 1100. The summed E-state index contributed by atoms with van der Waals surface area (Å²) in [4.78, 5) is 21.2. The van der Waals surface area contributed by atoms with Gasteiger partial charge in [0, 0.05) is 37.5 Å². The van der Waals surface area contributed by atoms with Crippen LogP contribution in [-0.4, -0.2) is 62.4 Å². The third-order valence-electron chi connectivity index (χ3n) is 5.69. The fourth-order valence-electron chi connectivity index (χ4n) is 4.51. The number of carbonyl (C=O) groups is 1. The zero-order valence-corrected chi connectivity index (χ0v) is 18.0. The predicted molar refractivity (Wildman–Crippen MR) is 113 cm³/mol. The van der Waals surface area contributed by atoms with Gasteiger partial charge < -0.3 is 14.5 Å². The fraction of sp³-hybridized carbons (Fsp3) is 0.476. The Labute approximate surface area is 178 Å². The van der Waals surface area contributed by atoms with Crippen LogP contribution < -0.4 is 0 Å². The maximum atomic E-state index is 13.8. The summed E-state index contributed by atoms with van der Waals surface area (Å²) in [5.74, 6) is 0. The fourth-order valence-corrected chi connectivity index (χ4v) is 5.38. The SMILES string of the molecule is C[C@@H]1CN(C(=O)N2Cc3cc(-c4ccnc5cc(F)sc45)nn3[C@@H](C)C2)C[C@H](C)O1. The zero-order valence-electron chi connectivity index (χ0n) is 17.2. The molecule has 0 bridgehead atoms. The van der Waals surface area contributed by atoms with Crippen LogP contribution in [0.3, 0.4) is 0 Å². The molecule has 1 saturated heterocycles. The van der Waals surface area contributed by atoms with Crippen molar-refractivity contribution >= 4 is 27.6 Å². The number of aromatic nitrogens is 3. The highest BCUT2D eigenvalue weighted by molar-refractivity contribution is 7.18. The van der Waals surface area contributed by atoms with Crippen LogP contribution in [0.4, 0.5) is 9.18 Å². The standard InChI is InChI=1S/C21H24FN5O2S/c1-12-8-25(21(28)26-9-13(2)29-14(3)10-26)11-15-6-17(24-27(12)15)16-4-5-23-18-7-19(22)30-20(16)18/h4-7,12-14H,8-11H2,1-3H3/t12-,13-,14+/m0/s1. The van der Waals surface area contributed by atoms with E-state index in [1.165, 1.54) is 6.07 Å². The lowest BCUT2D eigenvalue weighted by Gasteiger charge is -2.40. The Morgan fingerprint density at radius 1 is 1.17 bits per heavy atom. The van der Waals surface area contributed by atoms with Crippen molar-refractivity contribution < 1.29 is 13.9 Å². The summed E-state index contributed by atoms with van der Waals surface area (Å²) in [5, 5.41) is 4.54. The molecule has 2 amide bonds. The van der Waals surface area contributed by atoms with Crippen LogP contribution in [0, 0.1) is 5.13 Å². The molecule has 2 aliphatic rings. The second-order valence-corrected chi connectivity index (χ2v) is 9.27. The predicted octanol–water partition coefficient (Wildman–Crippen LogP) is 3.90. The first-order valence-electron chi connectivity index (χ1n) is 10.2. The molecular formula is C21H24FN5O2S. The molecule has 0 aliphatic carbocycles. The van der Waals surface area contributed by atoms with E-state index in [0.717, 1.165) is 33.0 Å². The van der Waals surface area contributed by atoms with E-state index >= 15 is 0 Å². The average Bonchev–Trinajstić information content (AvgIpc) is 3.29. The molecule has 3 atom stereocenters. The van der Waals surface area contributed by atoms with E-state index in [0.29, 0.717) is 31.7 Å². The maximum Gasteiger partial charge on any atom is 0.320 e. The van der Waals surface area contributed by atoms with Crippen molar-refractivity contribution in [3.63, 3.8) is 0 Å². The lowest BCUT2D eigenvalue weighted by Crippen LogP contribution is -2.54. The lowest BCUT2D eigenvalue weighted by atomic mass is 10.1.